The molecule has 80 valence electrons. The number of carbonyl (C=O) groups excluding carboxylic acids is 1. The number of rotatable bonds is 5. The number of carbonyl (C=O) groups is 1. The molecule has 0 aliphatic heterocycles. The Morgan fingerprint density at radius 3 is 1.77 bits per heavy atom. The summed E-state index contributed by atoms with van der Waals surface area (Å²) >= 11 is 0. The van der Waals surface area contributed by atoms with Crippen LogP contribution in [0.2, 0.25) is 0 Å². The first-order valence-corrected chi connectivity index (χ1v) is 3.93. The zero-order valence-corrected chi connectivity index (χ0v) is 7.48. The van der Waals surface area contributed by atoms with Gasteiger partial charge in [-0.2, -0.15) is 0 Å². The summed E-state index contributed by atoms with van der Waals surface area (Å²) in [5.41, 5.74) is 4.59. The lowest BCUT2D eigenvalue weighted by Gasteiger charge is -1.95. The lowest BCUT2D eigenvalue weighted by molar-refractivity contribution is 0.145. The number of nitrogens with two attached hydrogens (primary N) is 1. The van der Waals surface area contributed by atoms with Gasteiger partial charge in [0.05, 0.1) is 6.61 Å². The number of aliphatic hydroxyl groups is 3. The van der Waals surface area contributed by atoms with Crippen LogP contribution < -0.4 is 5.73 Å². The van der Waals surface area contributed by atoms with Gasteiger partial charge in [0.25, 0.3) is 0 Å². The molecule has 0 saturated heterocycles. The van der Waals surface area contributed by atoms with E-state index < -0.39 is 6.09 Å². The van der Waals surface area contributed by atoms with Crippen molar-refractivity contribution in [3.05, 3.63) is 0 Å². The van der Waals surface area contributed by atoms with Crippen molar-refractivity contribution >= 4 is 6.09 Å². The average Bonchev–Trinajstić information content (AvgIpc) is 2.07. The molecule has 6 nitrogen and oxygen atoms in total. The largest absolute Gasteiger partial charge is 0.450 e. The highest BCUT2D eigenvalue weighted by Crippen LogP contribution is 1.78. The van der Waals surface area contributed by atoms with E-state index in [0.717, 1.165) is 0 Å². The first-order chi connectivity index (χ1) is 6.18. The third kappa shape index (κ3) is 24.7. The van der Waals surface area contributed by atoms with Crippen LogP contribution in [0, 0.1) is 0 Å². The summed E-state index contributed by atoms with van der Waals surface area (Å²) in [7, 11) is 0. The maximum absolute atomic E-state index is 9.79. The predicted molar refractivity (Wildman–Crippen MR) is 46.0 cm³/mol. The third-order valence-corrected chi connectivity index (χ3v) is 0.863. The van der Waals surface area contributed by atoms with E-state index in [2.05, 4.69) is 10.5 Å². The van der Waals surface area contributed by atoms with E-state index >= 15 is 0 Å². The zero-order valence-electron chi connectivity index (χ0n) is 7.48. The van der Waals surface area contributed by atoms with Gasteiger partial charge in [-0.05, 0) is 6.42 Å². The van der Waals surface area contributed by atoms with Crippen LogP contribution in [-0.2, 0) is 4.74 Å². The van der Waals surface area contributed by atoms with Crippen molar-refractivity contribution in [2.45, 2.75) is 12.8 Å². The fourth-order valence-electron chi connectivity index (χ4n) is 0.308. The molecule has 0 bridgehead atoms. The smallest absolute Gasteiger partial charge is 0.404 e. The minimum absolute atomic E-state index is 0.0211. The first-order valence-electron chi connectivity index (χ1n) is 3.93. The summed E-state index contributed by atoms with van der Waals surface area (Å²) in [4.78, 5) is 9.79. The highest BCUT2D eigenvalue weighted by molar-refractivity contribution is 5.64. The van der Waals surface area contributed by atoms with E-state index in [4.69, 9.17) is 15.3 Å². The number of ether oxygens (including phenoxy) is 1. The van der Waals surface area contributed by atoms with Gasteiger partial charge in [0.2, 0.25) is 0 Å². The van der Waals surface area contributed by atoms with Gasteiger partial charge in [0, 0.05) is 26.2 Å². The van der Waals surface area contributed by atoms with Crippen molar-refractivity contribution in [3.8, 4) is 0 Å². The molecule has 0 spiro atoms. The molecule has 0 aromatic heterocycles. The Kier molecular flexibility index (Phi) is 15.5. The number of primary amides is 1. The minimum Gasteiger partial charge on any atom is -0.450 e. The van der Waals surface area contributed by atoms with E-state index in [1.54, 1.807) is 0 Å². The molecule has 0 unspecified atom stereocenters. The molecule has 0 rings (SSSR count). The van der Waals surface area contributed by atoms with Gasteiger partial charge in [0.15, 0.2) is 0 Å². The van der Waals surface area contributed by atoms with Crippen LogP contribution in [0.3, 0.4) is 0 Å². The molecule has 0 heterocycles. The van der Waals surface area contributed by atoms with Gasteiger partial charge in [-0.3, -0.25) is 0 Å². The maximum Gasteiger partial charge on any atom is 0.404 e. The van der Waals surface area contributed by atoms with Crippen LogP contribution >= 0.6 is 0 Å². The van der Waals surface area contributed by atoms with Crippen molar-refractivity contribution in [3.63, 3.8) is 0 Å². The molecule has 1 amide bonds. The summed E-state index contributed by atoms with van der Waals surface area (Å²) in [6.45, 7) is 0.409. The SMILES string of the molecule is NC(=O)OCCCO.OCCCO. The normalized spacial score (nSPS) is 8.54. The molecular weight excluding hydrogens is 178 g/mol. The average molecular weight is 195 g/mol. The van der Waals surface area contributed by atoms with Crippen LogP contribution in [0.5, 0.6) is 0 Å². The van der Waals surface area contributed by atoms with Crippen LogP contribution in [0.25, 0.3) is 0 Å². The van der Waals surface area contributed by atoms with Crippen molar-refractivity contribution in [1.29, 1.82) is 0 Å². The van der Waals surface area contributed by atoms with E-state index in [1.807, 2.05) is 0 Å². The van der Waals surface area contributed by atoms with Crippen LogP contribution in [-0.4, -0.2) is 47.8 Å². The monoisotopic (exact) mass is 195 g/mol. The summed E-state index contributed by atoms with van der Waals surface area (Å²) < 4.78 is 4.26. The Morgan fingerprint density at radius 2 is 1.54 bits per heavy atom. The molecule has 5 N–H and O–H groups in total. The lowest BCUT2D eigenvalue weighted by Crippen LogP contribution is -2.14. The number of aliphatic hydroxyl groups excluding tert-OH is 3. The minimum atomic E-state index is -0.793. The second-order valence-corrected chi connectivity index (χ2v) is 2.05. The Labute approximate surface area is 76.9 Å². The van der Waals surface area contributed by atoms with E-state index in [1.165, 1.54) is 0 Å². The van der Waals surface area contributed by atoms with E-state index in [9.17, 15) is 4.79 Å². The van der Waals surface area contributed by atoms with Crippen LogP contribution in [0.15, 0.2) is 0 Å². The second-order valence-electron chi connectivity index (χ2n) is 2.05. The van der Waals surface area contributed by atoms with E-state index in [0.29, 0.717) is 12.8 Å². The highest BCUT2D eigenvalue weighted by Gasteiger charge is 1.89. The summed E-state index contributed by atoms with van der Waals surface area (Å²) in [6, 6.07) is 0. The molecule has 13 heavy (non-hydrogen) atoms. The number of hydrogen-bond donors (Lipinski definition) is 4. The molecule has 0 atom stereocenters. The molecule has 0 saturated carbocycles. The Morgan fingerprint density at radius 1 is 1.08 bits per heavy atom. The van der Waals surface area contributed by atoms with Crippen molar-refractivity contribution in [1.82, 2.24) is 0 Å². The van der Waals surface area contributed by atoms with Gasteiger partial charge in [-0.25, -0.2) is 4.79 Å². The topological polar surface area (TPSA) is 113 Å². The molecule has 0 radical (unpaired) electrons. The van der Waals surface area contributed by atoms with Gasteiger partial charge in [-0.15, -0.1) is 0 Å². The maximum atomic E-state index is 9.79. The quantitative estimate of drug-likeness (QED) is 0.413. The Bertz CT molecular complexity index is 107. The molecule has 0 aliphatic carbocycles. The molecule has 0 fully saturated rings. The van der Waals surface area contributed by atoms with Crippen molar-refractivity contribution in [2.75, 3.05) is 26.4 Å². The molecular formula is C7H17NO5. The molecule has 0 aromatic carbocycles. The second kappa shape index (κ2) is 13.7. The Balaban J connectivity index is 0. The lowest BCUT2D eigenvalue weighted by atomic mass is 10.5. The van der Waals surface area contributed by atoms with Gasteiger partial charge < -0.3 is 25.8 Å². The van der Waals surface area contributed by atoms with Crippen molar-refractivity contribution in [2.24, 2.45) is 5.73 Å². The summed E-state index contributed by atoms with van der Waals surface area (Å²) in [6.07, 6.45) is 0.154. The van der Waals surface area contributed by atoms with Crippen molar-refractivity contribution < 1.29 is 24.9 Å². The fourth-order valence-corrected chi connectivity index (χ4v) is 0.308. The van der Waals surface area contributed by atoms with E-state index in [-0.39, 0.29) is 26.4 Å². The molecule has 0 aliphatic rings. The highest BCUT2D eigenvalue weighted by atomic mass is 16.5. The third-order valence-electron chi connectivity index (χ3n) is 0.863. The van der Waals surface area contributed by atoms with Crippen LogP contribution in [0.1, 0.15) is 12.8 Å². The number of amides is 1. The predicted octanol–water partition coefficient (Wildman–Crippen LogP) is -1.17. The standard InChI is InChI=1S/C4H9NO3.C3H8O2/c5-4(7)8-3-1-2-6;4-2-1-3-5/h6H,1-3H2,(H2,5,7);4-5H,1-3H2. The first kappa shape index (κ1) is 14.7. The molecule has 6 heteroatoms. The summed E-state index contributed by atoms with van der Waals surface area (Å²) in [5, 5.41) is 24.0. The van der Waals surface area contributed by atoms with Gasteiger partial charge in [-0.1, -0.05) is 0 Å². The Hall–Kier alpha value is -0.850. The zero-order chi connectivity index (χ0) is 10.5. The number of hydrogen-bond acceptors (Lipinski definition) is 5. The molecule has 0 aromatic rings. The fraction of sp³-hybridized carbons (Fsp3) is 0.857. The van der Waals surface area contributed by atoms with Gasteiger partial charge >= 0.3 is 6.09 Å². The van der Waals surface area contributed by atoms with Gasteiger partial charge in [0.1, 0.15) is 0 Å². The van der Waals surface area contributed by atoms with Crippen LogP contribution in [0.4, 0.5) is 4.79 Å². The summed E-state index contributed by atoms with van der Waals surface area (Å²) in [5.74, 6) is 0.